The van der Waals surface area contributed by atoms with E-state index in [-0.39, 0.29) is 37.5 Å². The van der Waals surface area contributed by atoms with Gasteiger partial charge in [-0.1, -0.05) is 255 Å². The summed E-state index contributed by atoms with van der Waals surface area (Å²) in [5.41, 5.74) is 0. The zero-order valence-electron chi connectivity index (χ0n) is 44.4. The van der Waals surface area contributed by atoms with Gasteiger partial charge in [-0.25, -0.2) is 0 Å². The van der Waals surface area contributed by atoms with Gasteiger partial charge in [-0.2, -0.15) is 0 Å². The summed E-state index contributed by atoms with van der Waals surface area (Å²) in [6, 6.07) is 0. The lowest BCUT2D eigenvalue weighted by molar-refractivity contribution is -0.167. The summed E-state index contributed by atoms with van der Waals surface area (Å²) < 4.78 is 16.8. The van der Waals surface area contributed by atoms with Crippen molar-refractivity contribution in [2.75, 3.05) is 13.2 Å². The van der Waals surface area contributed by atoms with Crippen molar-refractivity contribution in [2.24, 2.45) is 0 Å². The van der Waals surface area contributed by atoms with E-state index in [9.17, 15) is 14.4 Å². The number of allylic oxidation sites excluding steroid dienone is 10. The molecule has 0 amide bonds. The summed E-state index contributed by atoms with van der Waals surface area (Å²) in [5, 5.41) is 0. The molecule has 0 fully saturated rings. The maximum atomic E-state index is 12.8. The smallest absolute Gasteiger partial charge is 0.306 e. The lowest BCUT2D eigenvalue weighted by Crippen LogP contribution is -2.30. The average Bonchev–Trinajstić information content (AvgIpc) is 3.33. The molecule has 0 radical (unpaired) electrons. The largest absolute Gasteiger partial charge is 0.462 e. The van der Waals surface area contributed by atoms with Gasteiger partial charge in [0.25, 0.3) is 0 Å². The quantitative estimate of drug-likeness (QED) is 0.0262. The van der Waals surface area contributed by atoms with Gasteiger partial charge in [0.1, 0.15) is 13.2 Å². The van der Waals surface area contributed by atoms with Crippen LogP contribution in [0.2, 0.25) is 0 Å². The number of esters is 3. The van der Waals surface area contributed by atoms with Crippen molar-refractivity contribution in [1.82, 2.24) is 0 Å². The van der Waals surface area contributed by atoms with E-state index in [1.54, 1.807) is 0 Å². The SMILES string of the molecule is CCCC/C=C\CCCCCCCC(=O)O[C@H](COC(=O)CCC/C=C\C/C=C\C/C=C\C/C=C\CCCCC)COC(=O)CCCCCCCCCCCCCCCCCCCCCCC. The Labute approximate surface area is 415 Å². The maximum Gasteiger partial charge on any atom is 0.306 e. The second kappa shape index (κ2) is 55.7. The molecule has 67 heavy (non-hydrogen) atoms. The molecule has 0 N–H and O–H groups in total. The second-order valence-corrected chi connectivity index (χ2v) is 19.2. The minimum Gasteiger partial charge on any atom is -0.462 e. The number of ether oxygens (including phenoxy) is 3. The van der Waals surface area contributed by atoms with E-state index in [0.29, 0.717) is 19.3 Å². The van der Waals surface area contributed by atoms with E-state index in [0.717, 1.165) is 77.0 Å². The molecule has 0 saturated carbocycles. The third kappa shape index (κ3) is 53.9. The van der Waals surface area contributed by atoms with Crippen LogP contribution in [-0.4, -0.2) is 37.2 Å². The summed E-state index contributed by atoms with van der Waals surface area (Å²) >= 11 is 0. The monoisotopic (exact) mass is 937 g/mol. The van der Waals surface area contributed by atoms with Crippen molar-refractivity contribution in [3.8, 4) is 0 Å². The molecule has 0 saturated heterocycles. The molecule has 0 bridgehead atoms. The van der Waals surface area contributed by atoms with Crippen LogP contribution in [0.25, 0.3) is 0 Å². The highest BCUT2D eigenvalue weighted by Crippen LogP contribution is 2.16. The Balaban J connectivity index is 4.33. The highest BCUT2D eigenvalue weighted by atomic mass is 16.6. The van der Waals surface area contributed by atoms with Gasteiger partial charge in [-0.15, -0.1) is 0 Å². The third-order valence-corrected chi connectivity index (χ3v) is 12.5. The van der Waals surface area contributed by atoms with Crippen LogP contribution in [-0.2, 0) is 28.6 Å². The first kappa shape index (κ1) is 64.1. The van der Waals surface area contributed by atoms with E-state index >= 15 is 0 Å². The van der Waals surface area contributed by atoms with Crippen LogP contribution in [0.5, 0.6) is 0 Å². The molecule has 0 aliphatic carbocycles. The van der Waals surface area contributed by atoms with Crippen molar-refractivity contribution in [3.05, 3.63) is 60.8 Å². The molecule has 6 heteroatoms. The van der Waals surface area contributed by atoms with Crippen LogP contribution in [0.1, 0.15) is 290 Å². The van der Waals surface area contributed by atoms with Crippen molar-refractivity contribution in [1.29, 1.82) is 0 Å². The molecule has 1 atom stereocenters. The van der Waals surface area contributed by atoms with E-state index in [1.165, 1.54) is 167 Å². The molecule has 0 aromatic heterocycles. The predicted molar refractivity (Wildman–Crippen MR) is 288 cm³/mol. The van der Waals surface area contributed by atoms with Crippen LogP contribution >= 0.6 is 0 Å². The predicted octanol–water partition coefficient (Wildman–Crippen LogP) is 19.2. The minimum absolute atomic E-state index is 0.0922. The van der Waals surface area contributed by atoms with Crippen LogP contribution in [0.15, 0.2) is 60.8 Å². The van der Waals surface area contributed by atoms with Crippen molar-refractivity contribution in [2.45, 2.75) is 297 Å². The van der Waals surface area contributed by atoms with Gasteiger partial charge in [0.2, 0.25) is 0 Å². The van der Waals surface area contributed by atoms with Crippen LogP contribution in [0.3, 0.4) is 0 Å². The molecular formula is C61H108O6. The summed E-state index contributed by atoms with van der Waals surface area (Å²) in [7, 11) is 0. The maximum absolute atomic E-state index is 12.8. The lowest BCUT2D eigenvalue weighted by atomic mass is 10.0. The normalized spacial score (nSPS) is 12.5. The molecule has 0 spiro atoms. The molecule has 0 heterocycles. The first-order valence-electron chi connectivity index (χ1n) is 28.8. The fourth-order valence-corrected chi connectivity index (χ4v) is 8.12. The number of unbranched alkanes of at least 4 members (excludes halogenated alkanes) is 31. The first-order chi connectivity index (χ1) is 33.0. The average molecular weight is 938 g/mol. The zero-order valence-corrected chi connectivity index (χ0v) is 44.4. The zero-order chi connectivity index (χ0) is 48.6. The number of carbonyl (C=O) groups excluding carboxylic acids is 3. The highest BCUT2D eigenvalue weighted by Gasteiger charge is 2.19. The minimum atomic E-state index is -0.798. The second-order valence-electron chi connectivity index (χ2n) is 19.2. The number of rotatable bonds is 52. The third-order valence-electron chi connectivity index (χ3n) is 12.5. The first-order valence-corrected chi connectivity index (χ1v) is 28.8. The Kier molecular flexibility index (Phi) is 53.3. The van der Waals surface area contributed by atoms with Crippen molar-refractivity contribution < 1.29 is 28.6 Å². The van der Waals surface area contributed by atoms with Crippen molar-refractivity contribution in [3.63, 3.8) is 0 Å². The highest BCUT2D eigenvalue weighted by molar-refractivity contribution is 5.71. The van der Waals surface area contributed by atoms with Gasteiger partial charge >= 0.3 is 17.9 Å². The summed E-state index contributed by atoms with van der Waals surface area (Å²) in [6.07, 6.45) is 69.4. The molecule has 388 valence electrons. The molecule has 0 aromatic carbocycles. The Hall–Kier alpha value is -2.89. The van der Waals surface area contributed by atoms with E-state index in [2.05, 4.69) is 81.5 Å². The topological polar surface area (TPSA) is 78.9 Å². The molecular weight excluding hydrogens is 829 g/mol. The Morgan fingerprint density at radius 2 is 0.567 bits per heavy atom. The van der Waals surface area contributed by atoms with E-state index in [1.807, 2.05) is 0 Å². The Morgan fingerprint density at radius 1 is 0.299 bits per heavy atom. The van der Waals surface area contributed by atoms with Gasteiger partial charge in [0, 0.05) is 19.3 Å². The Morgan fingerprint density at radius 3 is 0.985 bits per heavy atom. The molecule has 0 rings (SSSR count). The summed E-state index contributed by atoms with van der Waals surface area (Å²) in [4.78, 5) is 38.0. The van der Waals surface area contributed by atoms with E-state index in [4.69, 9.17) is 14.2 Å². The summed E-state index contributed by atoms with van der Waals surface area (Å²) in [5.74, 6) is -0.951. The van der Waals surface area contributed by atoms with Gasteiger partial charge in [0.05, 0.1) is 0 Å². The molecule has 0 unspecified atom stereocenters. The van der Waals surface area contributed by atoms with Gasteiger partial charge in [-0.3, -0.25) is 14.4 Å². The van der Waals surface area contributed by atoms with Gasteiger partial charge < -0.3 is 14.2 Å². The number of hydrogen-bond acceptors (Lipinski definition) is 6. The van der Waals surface area contributed by atoms with Gasteiger partial charge in [0.15, 0.2) is 6.10 Å². The molecule has 6 nitrogen and oxygen atoms in total. The number of hydrogen-bond donors (Lipinski definition) is 0. The van der Waals surface area contributed by atoms with E-state index < -0.39 is 6.10 Å². The van der Waals surface area contributed by atoms with Crippen LogP contribution < -0.4 is 0 Å². The standard InChI is InChI=1S/C61H108O6/c1-4-7-10-13-16-19-22-24-26-28-29-30-31-33-35-37-40-42-45-48-51-54-60(63)66-57-58(67-61(64)55-52-49-46-43-38-21-18-15-12-9-6-3)56-65-59(62)53-50-47-44-41-39-36-34-32-27-25-23-20-17-14-11-8-5-2/h15,17-18,20,25,27,34,36,41,44,58H,4-14,16,19,21-24,26,28-33,35,37-40,42-43,45-57H2,1-3H3/b18-15-,20-17-,27-25-,36-34-,44-41-/t58-/m1/s1. The number of carbonyl (C=O) groups is 3. The summed E-state index contributed by atoms with van der Waals surface area (Å²) in [6.45, 7) is 6.55. The van der Waals surface area contributed by atoms with Gasteiger partial charge in [-0.05, 0) is 77.0 Å². The van der Waals surface area contributed by atoms with Crippen molar-refractivity contribution >= 4 is 17.9 Å². The molecule has 0 aliphatic heterocycles. The lowest BCUT2D eigenvalue weighted by Gasteiger charge is -2.18. The van der Waals surface area contributed by atoms with Crippen LogP contribution in [0.4, 0.5) is 0 Å². The molecule has 0 aliphatic rings. The fourth-order valence-electron chi connectivity index (χ4n) is 8.12. The Bertz CT molecular complexity index is 1210. The molecule has 0 aromatic rings. The van der Waals surface area contributed by atoms with Crippen LogP contribution in [0, 0.1) is 0 Å². The fraction of sp³-hybridized carbons (Fsp3) is 0.787.